The van der Waals surface area contributed by atoms with E-state index in [1.165, 1.54) is 76.2 Å². The number of aryl methyl sites for hydroxylation is 1. The van der Waals surface area contributed by atoms with Gasteiger partial charge in [-0.05, 0) is 30.5 Å². The molecule has 0 unspecified atom stereocenters. The minimum atomic E-state index is 0.391. The first-order valence-electron chi connectivity index (χ1n) is 8.90. The molecule has 0 saturated heterocycles. The molecule has 0 aliphatic rings. The third-order valence-electron chi connectivity index (χ3n) is 4.13. The van der Waals surface area contributed by atoms with Crippen molar-refractivity contribution >= 4 is 0 Å². The number of hydrogen-bond acceptors (Lipinski definition) is 1. The van der Waals surface area contributed by atoms with E-state index in [1.54, 1.807) is 6.07 Å². The average Bonchev–Trinajstić information content (AvgIpc) is 2.48. The molecule has 0 amide bonds. The average molecular weight is 289 g/mol. The van der Waals surface area contributed by atoms with Crippen molar-refractivity contribution < 1.29 is 5.11 Å². The van der Waals surface area contributed by atoms with Gasteiger partial charge in [0.15, 0.2) is 0 Å². The molecule has 0 aromatic heterocycles. The molecule has 0 spiro atoms. The second-order valence-electron chi connectivity index (χ2n) is 6.16. The number of phenols is 1. The van der Waals surface area contributed by atoms with Crippen LogP contribution in [0.5, 0.6) is 5.75 Å². The molecule has 1 nitrogen and oxygen atoms in total. The Labute approximate surface area is 131 Å². The van der Waals surface area contributed by atoms with Gasteiger partial charge in [0.05, 0.1) is 0 Å². The van der Waals surface area contributed by atoms with Crippen molar-refractivity contribution in [2.75, 3.05) is 0 Å². The molecule has 1 heteroatoms. The van der Waals surface area contributed by atoms with Gasteiger partial charge in [0.25, 0.3) is 0 Å². The van der Waals surface area contributed by atoms with E-state index in [9.17, 15) is 5.11 Å². The van der Waals surface area contributed by atoms with Gasteiger partial charge in [-0.25, -0.2) is 0 Å². The van der Waals surface area contributed by atoms with E-state index in [2.05, 4.69) is 13.0 Å². The lowest BCUT2D eigenvalue weighted by molar-refractivity contribution is 0.474. The molecule has 0 saturated carbocycles. The van der Waals surface area contributed by atoms with Crippen LogP contribution in [0.3, 0.4) is 0 Å². The topological polar surface area (TPSA) is 20.2 Å². The van der Waals surface area contributed by atoms with Crippen LogP contribution >= 0.6 is 0 Å². The Morgan fingerprint density at radius 1 is 0.714 bits per heavy atom. The predicted molar refractivity (Wildman–Crippen MR) is 92.6 cm³/mol. The molecule has 0 heterocycles. The summed E-state index contributed by atoms with van der Waals surface area (Å²) in [6, 6.07) is 7.66. The molecule has 0 atom stereocenters. The maximum atomic E-state index is 9.40. The number of rotatable bonds is 13. The Kier molecular flexibility index (Phi) is 11.0. The molecule has 1 aromatic carbocycles. The second-order valence-corrected chi connectivity index (χ2v) is 6.16. The zero-order valence-electron chi connectivity index (χ0n) is 13.7. The van der Waals surface area contributed by atoms with Crippen LogP contribution in [-0.2, 0) is 6.42 Å². The Hall–Kier alpha value is -0.980. The fourth-order valence-electron chi connectivity index (χ4n) is 2.81. The molecule has 0 aliphatic heterocycles. The predicted octanol–water partition coefficient (Wildman–Crippen LogP) is 6.45. The van der Waals surface area contributed by atoms with Gasteiger partial charge >= 0.3 is 0 Å². The lowest BCUT2D eigenvalue weighted by atomic mass is 10.0. The first kappa shape index (κ1) is 18.1. The highest BCUT2D eigenvalue weighted by Crippen LogP contribution is 2.15. The van der Waals surface area contributed by atoms with Gasteiger partial charge in [0.1, 0.15) is 5.75 Å². The molecule has 21 heavy (non-hydrogen) atoms. The van der Waals surface area contributed by atoms with Crippen LogP contribution in [0.15, 0.2) is 24.3 Å². The van der Waals surface area contributed by atoms with E-state index in [4.69, 9.17) is 0 Å². The van der Waals surface area contributed by atoms with Crippen LogP contribution in [0.1, 0.15) is 82.6 Å². The number of phenolic OH excluding ortho intramolecular Hbond substituents is 1. The maximum Gasteiger partial charge on any atom is 0.115 e. The van der Waals surface area contributed by atoms with Crippen LogP contribution < -0.4 is 0 Å². The van der Waals surface area contributed by atoms with E-state index in [1.807, 2.05) is 12.1 Å². The number of benzene rings is 1. The van der Waals surface area contributed by atoms with E-state index in [0.717, 1.165) is 12.8 Å². The van der Waals surface area contributed by atoms with Crippen molar-refractivity contribution in [1.29, 1.82) is 0 Å². The van der Waals surface area contributed by atoms with Crippen molar-refractivity contribution in [3.63, 3.8) is 0 Å². The minimum absolute atomic E-state index is 0.391. The van der Waals surface area contributed by atoms with Crippen molar-refractivity contribution in [3.05, 3.63) is 36.8 Å². The maximum absolute atomic E-state index is 9.40. The van der Waals surface area contributed by atoms with Crippen molar-refractivity contribution in [2.24, 2.45) is 0 Å². The van der Waals surface area contributed by atoms with Crippen LogP contribution in [0.4, 0.5) is 0 Å². The van der Waals surface area contributed by atoms with E-state index >= 15 is 0 Å². The summed E-state index contributed by atoms with van der Waals surface area (Å²) in [6.45, 7) is 3.88. The van der Waals surface area contributed by atoms with E-state index in [0.29, 0.717) is 5.75 Å². The van der Waals surface area contributed by atoms with Gasteiger partial charge in [-0.2, -0.15) is 0 Å². The van der Waals surface area contributed by atoms with Crippen molar-refractivity contribution in [3.8, 4) is 5.75 Å². The van der Waals surface area contributed by atoms with Gasteiger partial charge in [-0.3, -0.25) is 0 Å². The van der Waals surface area contributed by atoms with Gasteiger partial charge < -0.3 is 5.11 Å². The first-order valence-corrected chi connectivity index (χ1v) is 8.90. The highest BCUT2D eigenvalue weighted by atomic mass is 16.3. The molecule has 0 bridgehead atoms. The summed E-state index contributed by atoms with van der Waals surface area (Å²) >= 11 is 0. The summed E-state index contributed by atoms with van der Waals surface area (Å²) in [5, 5.41) is 9.40. The summed E-state index contributed by atoms with van der Waals surface area (Å²) in [5.41, 5.74) is 1.26. The summed E-state index contributed by atoms with van der Waals surface area (Å²) in [7, 11) is 0. The Balaban J connectivity index is 1.82. The van der Waals surface area contributed by atoms with Crippen LogP contribution in [0.2, 0.25) is 0 Å². The van der Waals surface area contributed by atoms with Crippen molar-refractivity contribution in [2.45, 2.75) is 83.5 Å². The fourth-order valence-corrected chi connectivity index (χ4v) is 2.81. The fraction of sp³-hybridized carbons (Fsp3) is 0.650. The summed E-state index contributed by atoms with van der Waals surface area (Å²) in [4.78, 5) is 0. The van der Waals surface area contributed by atoms with Gasteiger partial charge in [-0.15, -0.1) is 0 Å². The molecule has 1 aromatic rings. The summed E-state index contributed by atoms with van der Waals surface area (Å²) in [6.07, 6.45) is 17.2. The van der Waals surface area contributed by atoms with Crippen LogP contribution in [0, 0.1) is 6.92 Å². The molecule has 0 aliphatic carbocycles. The third kappa shape index (κ3) is 10.4. The highest BCUT2D eigenvalue weighted by molar-refractivity contribution is 5.27. The first-order chi connectivity index (χ1) is 10.3. The van der Waals surface area contributed by atoms with E-state index < -0.39 is 0 Å². The molecular weight excluding hydrogens is 256 g/mol. The lowest BCUT2D eigenvalue weighted by Crippen LogP contribution is -1.86. The standard InChI is InChI=1S/C20H33O/c1-2-3-4-5-6-7-8-9-10-11-12-13-15-19-16-14-17-20(21)18-19/h14,16-18,21H,1-13,15H2. The second kappa shape index (κ2) is 12.7. The molecule has 1 rings (SSSR count). The molecule has 119 valence electrons. The molecule has 1 radical (unpaired) electrons. The number of unbranched alkanes of at least 4 members (excludes halogenated alkanes) is 11. The van der Waals surface area contributed by atoms with Gasteiger partial charge in [0, 0.05) is 0 Å². The normalized spacial score (nSPS) is 10.9. The van der Waals surface area contributed by atoms with Crippen LogP contribution in [0.25, 0.3) is 0 Å². The minimum Gasteiger partial charge on any atom is -0.508 e. The Bertz CT molecular complexity index is 345. The highest BCUT2D eigenvalue weighted by Gasteiger charge is 1.96. The monoisotopic (exact) mass is 289 g/mol. The zero-order chi connectivity index (χ0) is 15.2. The SMILES string of the molecule is [CH2]CCCCCCCCCCCCCc1cccc(O)c1. The number of aromatic hydroxyl groups is 1. The number of hydrogen-bond donors (Lipinski definition) is 1. The quantitative estimate of drug-likeness (QED) is 0.414. The van der Waals surface area contributed by atoms with Gasteiger partial charge in [-0.1, -0.05) is 89.7 Å². The molecule has 1 N–H and O–H groups in total. The van der Waals surface area contributed by atoms with Gasteiger partial charge in [0.2, 0.25) is 0 Å². The largest absolute Gasteiger partial charge is 0.508 e. The smallest absolute Gasteiger partial charge is 0.115 e. The van der Waals surface area contributed by atoms with E-state index in [-0.39, 0.29) is 0 Å². The lowest BCUT2D eigenvalue weighted by Gasteiger charge is -2.04. The molecule has 0 fully saturated rings. The van der Waals surface area contributed by atoms with Crippen molar-refractivity contribution in [1.82, 2.24) is 0 Å². The third-order valence-corrected chi connectivity index (χ3v) is 4.13. The summed E-state index contributed by atoms with van der Waals surface area (Å²) in [5.74, 6) is 0.391. The van der Waals surface area contributed by atoms with Crippen LogP contribution in [-0.4, -0.2) is 5.11 Å². The molecular formula is C20H33O. The zero-order valence-corrected chi connectivity index (χ0v) is 13.7. The Morgan fingerprint density at radius 2 is 1.24 bits per heavy atom. The Morgan fingerprint density at radius 3 is 1.76 bits per heavy atom. The summed E-state index contributed by atoms with van der Waals surface area (Å²) < 4.78 is 0.